The van der Waals surface area contributed by atoms with E-state index in [4.69, 9.17) is 0 Å². The molecule has 0 atom stereocenters. The topological polar surface area (TPSA) is 0 Å². The molecule has 0 saturated carbocycles. The number of hydrogen-bond acceptors (Lipinski definition) is 3. The van der Waals surface area contributed by atoms with Gasteiger partial charge in [0, 0.05) is 24.4 Å². The molecule has 0 aliphatic rings. The summed E-state index contributed by atoms with van der Waals surface area (Å²) in [6, 6.07) is 19.4. The first kappa shape index (κ1) is 15.3. The number of allylic oxidation sites excluding steroid dienone is 1. The number of thioether (sulfide) groups is 1. The Morgan fingerprint density at radius 1 is 0.909 bits per heavy atom. The average molecular weight is 341 g/mol. The van der Waals surface area contributed by atoms with E-state index in [9.17, 15) is 0 Å². The summed E-state index contributed by atoms with van der Waals surface area (Å²) in [5.74, 6) is 0. The second kappa shape index (κ2) is 7.14. The van der Waals surface area contributed by atoms with Crippen LogP contribution in [0.4, 0.5) is 0 Å². The van der Waals surface area contributed by atoms with E-state index in [1.54, 1.807) is 11.8 Å². The molecule has 2 aromatic heterocycles. The van der Waals surface area contributed by atoms with Gasteiger partial charge in [0.2, 0.25) is 0 Å². The number of rotatable bonds is 5. The summed E-state index contributed by atoms with van der Waals surface area (Å²) in [5.41, 5.74) is 1.28. The van der Waals surface area contributed by atoms with Crippen molar-refractivity contribution in [2.24, 2.45) is 0 Å². The molecule has 110 valence electrons. The minimum Gasteiger partial charge on any atom is -0.134 e. The Bertz CT molecular complexity index is 791. The maximum Gasteiger partial charge on any atom is 0.0449 e. The van der Waals surface area contributed by atoms with E-state index >= 15 is 0 Å². The largest absolute Gasteiger partial charge is 0.134 e. The molecule has 2 heterocycles. The maximum absolute atomic E-state index is 3.80. The van der Waals surface area contributed by atoms with Crippen LogP contribution in [0.5, 0.6) is 0 Å². The lowest BCUT2D eigenvalue weighted by Gasteiger charge is -1.98. The third-order valence-corrected chi connectivity index (χ3v) is 6.68. The second-order valence-electron chi connectivity index (χ2n) is 4.63. The van der Waals surface area contributed by atoms with Crippen LogP contribution in [0.25, 0.3) is 25.1 Å². The predicted octanol–water partition coefficient (Wildman–Crippen LogP) is 7.38. The van der Waals surface area contributed by atoms with Gasteiger partial charge in [0.25, 0.3) is 0 Å². The molecule has 0 nitrogen and oxygen atoms in total. The Labute approximate surface area is 143 Å². The van der Waals surface area contributed by atoms with Crippen LogP contribution in [0.3, 0.4) is 0 Å². The van der Waals surface area contributed by atoms with Crippen molar-refractivity contribution in [1.82, 2.24) is 0 Å². The molecular weight excluding hydrogens is 324 g/mol. The molecule has 0 N–H and O–H groups in total. The summed E-state index contributed by atoms with van der Waals surface area (Å²) in [6.45, 7) is 5.88. The van der Waals surface area contributed by atoms with Crippen LogP contribution in [0, 0.1) is 0 Å². The fraction of sp³-hybridized carbons (Fsp3) is 0.0526. The van der Waals surface area contributed by atoms with Crippen LogP contribution >= 0.6 is 34.4 Å². The molecular formula is C19H16S3. The zero-order chi connectivity index (χ0) is 15.4. The van der Waals surface area contributed by atoms with E-state index < -0.39 is 0 Å². The Hall–Kier alpha value is -1.55. The fourth-order valence-corrected chi connectivity index (χ4v) is 5.04. The Balaban J connectivity index is 1.88. The quantitative estimate of drug-likeness (QED) is 0.467. The average Bonchev–Trinajstić information content (AvgIpc) is 3.22. The Morgan fingerprint density at radius 2 is 1.59 bits per heavy atom. The highest BCUT2D eigenvalue weighted by atomic mass is 32.2. The molecule has 0 unspecified atom stereocenters. The van der Waals surface area contributed by atoms with Gasteiger partial charge >= 0.3 is 0 Å². The van der Waals surface area contributed by atoms with Gasteiger partial charge in [-0.1, -0.05) is 54.7 Å². The van der Waals surface area contributed by atoms with Crippen LogP contribution in [0.1, 0.15) is 11.8 Å². The van der Waals surface area contributed by atoms with Gasteiger partial charge in [-0.3, -0.25) is 0 Å². The van der Waals surface area contributed by atoms with Crippen molar-refractivity contribution >= 4 is 39.3 Å². The molecule has 0 fully saturated rings. The zero-order valence-corrected chi connectivity index (χ0v) is 14.7. The van der Waals surface area contributed by atoms with Crippen LogP contribution in [0.2, 0.25) is 0 Å². The third-order valence-electron chi connectivity index (χ3n) is 3.23. The second-order valence-corrected chi connectivity index (χ2v) is 7.81. The van der Waals surface area contributed by atoms with Crippen LogP contribution in [-0.2, 0) is 0 Å². The number of hydrogen-bond donors (Lipinski definition) is 0. The van der Waals surface area contributed by atoms with Gasteiger partial charge in [0.1, 0.15) is 0 Å². The molecule has 3 heteroatoms. The molecule has 0 aliphatic heterocycles. The first-order chi connectivity index (χ1) is 10.8. The van der Waals surface area contributed by atoms with Crippen molar-refractivity contribution in [1.29, 1.82) is 0 Å². The van der Waals surface area contributed by atoms with Gasteiger partial charge in [0.15, 0.2) is 0 Å². The van der Waals surface area contributed by atoms with E-state index in [0.717, 1.165) is 0 Å². The van der Waals surface area contributed by atoms with Crippen molar-refractivity contribution in [3.8, 4) is 20.2 Å². The molecule has 3 aromatic rings. The van der Waals surface area contributed by atoms with Crippen molar-refractivity contribution in [2.75, 3.05) is 0 Å². The van der Waals surface area contributed by atoms with E-state index in [1.807, 2.05) is 28.1 Å². The molecule has 1 aromatic carbocycles. The predicted molar refractivity (Wildman–Crippen MR) is 105 cm³/mol. The van der Waals surface area contributed by atoms with Gasteiger partial charge in [0.05, 0.1) is 0 Å². The summed E-state index contributed by atoms with van der Waals surface area (Å²) in [6.07, 6.45) is 2.14. The summed E-state index contributed by atoms with van der Waals surface area (Å²) in [5, 5.41) is 1.88. The Morgan fingerprint density at radius 3 is 2.32 bits per heavy atom. The molecule has 3 rings (SSSR count). The summed E-state index contributed by atoms with van der Waals surface area (Å²) in [4.78, 5) is 6.54. The molecule has 0 bridgehead atoms. The summed E-state index contributed by atoms with van der Waals surface area (Å²) in [7, 11) is 0. The molecule has 0 radical (unpaired) electrons. The van der Waals surface area contributed by atoms with Crippen molar-refractivity contribution in [3.05, 3.63) is 77.5 Å². The van der Waals surface area contributed by atoms with Gasteiger partial charge in [-0.05, 0) is 42.2 Å². The fourth-order valence-electron chi connectivity index (χ4n) is 2.19. The van der Waals surface area contributed by atoms with Gasteiger partial charge in [-0.25, -0.2) is 0 Å². The van der Waals surface area contributed by atoms with Crippen molar-refractivity contribution < 1.29 is 0 Å². The number of thiophene rings is 2. The highest BCUT2D eigenvalue weighted by molar-refractivity contribution is 8.11. The van der Waals surface area contributed by atoms with Gasteiger partial charge in [-0.15, -0.1) is 22.7 Å². The summed E-state index contributed by atoms with van der Waals surface area (Å²) < 4.78 is 0. The normalized spacial score (nSPS) is 11.6. The smallest absolute Gasteiger partial charge is 0.0449 e. The molecule has 22 heavy (non-hydrogen) atoms. The minimum absolute atomic E-state index is 1.27. The first-order valence-corrected chi connectivity index (χ1v) is 9.53. The van der Waals surface area contributed by atoms with Gasteiger partial charge < -0.3 is 0 Å². The SMILES string of the molecule is C=CS/C(=C\C)c1ccc(-c2ccc(-c3ccccc3)s2)s1. The van der Waals surface area contributed by atoms with Gasteiger partial charge in [-0.2, -0.15) is 0 Å². The maximum atomic E-state index is 3.80. The number of benzene rings is 1. The molecule has 0 aliphatic carbocycles. The minimum atomic E-state index is 1.27. The van der Waals surface area contributed by atoms with Crippen molar-refractivity contribution in [2.45, 2.75) is 6.92 Å². The van der Waals surface area contributed by atoms with Crippen LogP contribution in [-0.4, -0.2) is 0 Å². The van der Waals surface area contributed by atoms with Crippen LogP contribution < -0.4 is 0 Å². The van der Waals surface area contributed by atoms with E-state index in [1.165, 1.54) is 30.0 Å². The molecule has 0 amide bonds. The third kappa shape index (κ3) is 3.27. The van der Waals surface area contributed by atoms with E-state index in [0.29, 0.717) is 0 Å². The summed E-state index contributed by atoms with van der Waals surface area (Å²) >= 11 is 5.37. The Kier molecular flexibility index (Phi) is 4.98. The lowest BCUT2D eigenvalue weighted by molar-refractivity contribution is 1.70. The zero-order valence-electron chi connectivity index (χ0n) is 12.3. The standard InChI is InChI=1S/C19H16S3/c1-3-15(20-4-2)17-12-13-19(22-17)18-11-10-16(21-18)14-8-6-5-7-9-14/h3-13H,2H2,1H3/b15-3-. The van der Waals surface area contributed by atoms with E-state index in [2.05, 4.69) is 74.2 Å². The van der Waals surface area contributed by atoms with Crippen LogP contribution in [0.15, 0.2) is 72.7 Å². The first-order valence-electron chi connectivity index (χ1n) is 7.01. The molecule has 0 spiro atoms. The van der Waals surface area contributed by atoms with E-state index in [-0.39, 0.29) is 0 Å². The highest BCUT2D eigenvalue weighted by Gasteiger charge is 2.09. The lowest BCUT2D eigenvalue weighted by atomic mass is 10.2. The molecule has 0 saturated heterocycles. The van der Waals surface area contributed by atoms with Crippen molar-refractivity contribution in [3.63, 3.8) is 0 Å². The monoisotopic (exact) mass is 340 g/mol. The lowest BCUT2D eigenvalue weighted by Crippen LogP contribution is -1.68. The highest BCUT2D eigenvalue weighted by Crippen LogP contribution is 2.41.